The molecule has 6 nitrogen and oxygen atoms in total. The minimum absolute atomic E-state index is 0.132. The second-order valence-corrected chi connectivity index (χ2v) is 7.38. The molecule has 0 bridgehead atoms. The van der Waals surface area contributed by atoms with Gasteiger partial charge in [0.25, 0.3) is 0 Å². The van der Waals surface area contributed by atoms with Crippen LogP contribution in [-0.4, -0.2) is 50.5 Å². The van der Waals surface area contributed by atoms with Gasteiger partial charge in [-0.1, -0.05) is 18.1 Å². The van der Waals surface area contributed by atoms with Crippen molar-refractivity contribution < 1.29 is 29.2 Å². The maximum Gasteiger partial charge on any atom is 0.147 e. The average Bonchev–Trinajstić information content (AvgIpc) is 2.69. The Morgan fingerprint density at radius 2 is 1.96 bits per heavy atom. The lowest BCUT2D eigenvalue weighted by atomic mass is 9.59. The van der Waals surface area contributed by atoms with Crippen molar-refractivity contribution in [2.45, 2.75) is 50.4 Å². The Morgan fingerprint density at radius 3 is 2.67 bits per heavy atom. The predicted molar refractivity (Wildman–Crippen MR) is 101 cm³/mol. The Hall–Kier alpha value is -1.60. The number of rotatable bonds is 7. The molecule has 2 N–H and O–H groups in total. The van der Waals surface area contributed by atoms with Crippen LogP contribution < -0.4 is 9.47 Å². The SMILES string of the molecule is COCO[C@H](c1ccc(OC)cc1OC)[C@]12CCCCC1=CC(O)C(O)C2. The zero-order valence-corrected chi connectivity index (χ0v) is 16.3. The van der Waals surface area contributed by atoms with Gasteiger partial charge in [-0.2, -0.15) is 0 Å². The van der Waals surface area contributed by atoms with Crippen molar-refractivity contribution >= 4 is 0 Å². The Morgan fingerprint density at radius 1 is 1.15 bits per heavy atom. The Labute approximate surface area is 160 Å². The third kappa shape index (κ3) is 3.85. The first-order valence-electron chi connectivity index (χ1n) is 9.45. The fourth-order valence-corrected chi connectivity index (χ4v) is 4.58. The highest BCUT2D eigenvalue weighted by Gasteiger charge is 2.50. The first-order chi connectivity index (χ1) is 13.1. The van der Waals surface area contributed by atoms with Crippen LogP contribution in [0.2, 0.25) is 0 Å². The van der Waals surface area contributed by atoms with Crippen LogP contribution in [0.5, 0.6) is 11.5 Å². The maximum atomic E-state index is 10.5. The smallest absolute Gasteiger partial charge is 0.147 e. The van der Waals surface area contributed by atoms with Crippen LogP contribution in [0.25, 0.3) is 0 Å². The molecular formula is C21H30O6. The molecule has 1 aromatic carbocycles. The van der Waals surface area contributed by atoms with Gasteiger partial charge in [0, 0.05) is 24.2 Å². The summed E-state index contributed by atoms with van der Waals surface area (Å²) in [5.74, 6) is 1.38. The van der Waals surface area contributed by atoms with E-state index >= 15 is 0 Å². The zero-order valence-electron chi connectivity index (χ0n) is 16.3. The summed E-state index contributed by atoms with van der Waals surface area (Å²) in [6.07, 6.45) is 4.18. The molecule has 27 heavy (non-hydrogen) atoms. The molecule has 0 aromatic heterocycles. The summed E-state index contributed by atoms with van der Waals surface area (Å²) < 4.78 is 22.4. The van der Waals surface area contributed by atoms with Gasteiger partial charge in [-0.3, -0.25) is 0 Å². The number of ether oxygens (including phenoxy) is 4. The zero-order chi connectivity index (χ0) is 19.4. The molecule has 0 aliphatic heterocycles. The van der Waals surface area contributed by atoms with E-state index in [1.807, 2.05) is 24.3 Å². The molecule has 1 aromatic rings. The van der Waals surface area contributed by atoms with Crippen molar-refractivity contribution in [2.75, 3.05) is 28.1 Å². The molecule has 6 heteroatoms. The highest BCUT2D eigenvalue weighted by molar-refractivity contribution is 5.44. The first kappa shape index (κ1) is 20.1. The van der Waals surface area contributed by atoms with E-state index in [1.54, 1.807) is 21.3 Å². The monoisotopic (exact) mass is 378 g/mol. The van der Waals surface area contributed by atoms with Gasteiger partial charge in [-0.05, 0) is 37.8 Å². The van der Waals surface area contributed by atoms with Gasteiger partial charge in [0.2, 0.25) is 0 Å². The van der Waals surface area contributed by atoms with E-state index in [1.165, 1.54) is 0 Å². The van der Waals surface area contributed by atoms with Crippen LogP contribution in [-0.2, 0) is 9.47 Å². The molecule has 0 heterocycles. The van der Waals surface area contributed by atoms with Crippen LogP contribution in [0, 0.1) is 5.41 Å². The van der Waals surface area contributed by atoms with E-state index in [4.69, 9.17) is 18.9 Å². The number of hydrogen-bond acceptors (Lipinski definition) is 6. The van der Waals surface area contributed by atoms with Crippen molar-refractivity contribution in [1.29, 1.82) is 0 Å². The Balaban J connectivity index is 2.10. The van der Waals surface area contributed by atoms with E-state index in [9.17, 15) is 10.2 Å². The fraction of sp³-hybridized carbons (Fsp3) is 0.619. The molecule has 2 aliphatic carbocycles. The van der Waals surface area contributed by atoms with Gasteiger partial charge >= 0.3 is 0 Å². The lowest BCUT2D eigenvalue weighted by Crippen LogP contribution is -2.45. The lowest BCUT2D eigenvalue weighted by Gasteiger charge is -2.49. The first-order valence-corrected chi connectivity index (χ1v) is 9.45. The van der Waals surface area contributed by atoms with Crippen molar-refractivity contribution in [3.8, 4) is 11.5 Å². The Kier molecular flexibility index (Phi) is 6.42. The molecule has 0 radical (unpaired) electrons. The van der Waals surface area contributed by atoms with Crippen molar-refractivity contribution in [2.24, 2.45) is 5.41 Å². The second-order valence-electron chi connectivity index (χ2n) is 7.38. The van der Waals surface area contributed by atoms with Crippen molar-refractivity contribution in [3.63, 3.8) is 0 Å². The van der Waals surface area contributed by atoms with Crippen LogP contribution in [0.15, 0.2) is 29.8 Å². The van der Waals surface area contributed by atoms with Gasteiger partial charge in [0.1, 0.15) is 18.3 Å². The second kappa shape index (κ2) is 8.61. The van der Waals surface area contributed by atoms with E-state index in [2.05, 4.69) is 0 Å². The largest absolute Gasteiger partial charge is 0.497 e. The van der Waals surface area contributed by atoms with Gasteiger partial charge in [-0.25, -0.2) is 0 Å². The van der Waals surface area contributed by atoms with Crippen LogP contribution >= 0.6 is 0 Å². The summed E-state index contributed by atoms with van der Waals surface area (Å²) in [5.41, 5.74) is 1.66. The summed E-state index contributed by atoms with van der Waals surface area (Å²) in [6.45, 7) is 0.132. The molecule has 150 valence electrons. The summed E-state index contributed by atoms with van der Waals surface area (Å²) in [6, 6.07) is 5.68. The van der Waals surface area contributed by atoms with Crippen LogP contribution in [0.4, 0.5) is 0 Å². The number of fused-ring (bicyclic) bond motifs is 1. The van der Waals surface area contributed by atoms with E-state index < -0.39 is 17.6 Å². The van der Waals surface area contributed by atoms with Crippen molar-refractivity contribution in [3.05, 3.63) is 35.4 Å². The summed E-state index contributed by atoms with van der Waals surface area (Å²) in [4.78, 5) is 0. The number of benzene rings is 1. The lowest BCUT2D eigenvalue weighted by molar-refractivity contribution is -0.135. The topological polar surface area (TPSA) is 77.4 Å². The number of hydrogen-bond donors (Lipinski definition) is 2. The molecule has 1 fully saturated rings. The van der Waals surface area contributed by atoms with Crippen molar-refractivity contribution in [1.82, 2.24) is 0 Å². The fourth-order valence-electron chi connectivity index (χ4n) is 4.58. The summed E-state index contributed by atoms with van der Waals surface area (Å²) in [7, 11) is 4.84. The van der Waals surface area contributed by atoms with E-state index in [-0.39, 0.29) is 12.9 Å². The highest BCUT2D eigenvalue weighted by Crippen LogP contribution is 2.57. The summed E-state index contributed by atoms with van der Waals surface area (Å²) in [5, 5.41) is 20.7. The normalized spacial score (nSPS) is 28.9. The minimum Gasteiger partial charge on any atom is -0.497 e. The molecule has 0 spiro atoms. The van der Waals surface area contributed by atoms with Crippen LogP contribution in [0.1, 0.15) is 43.8 Å². The standard InChI is InChI=1S/C21H30O6/c1-24-13-27-20(16-8-7-15(25-2)11-19(16)26-3)21-9-5-4-6-14(21)10-17(22)18(23)12-21/h7-8,10-11,17-18,20,22-23H,4-6,9,12-13H2,1-3H3/t17?,18?,20-,21+/m1/s1. The third-order valence-electron chi connectivity index (χ3n) is 5.88. The third-order valence-corrected chi connectivity index (χ3v) is 5.88. The molecule has 2 unspecified atom stereocenters. The summed E-state index contributed by atoms with van der Waals surface area (Å²) >= 11 is 0. The van der Waals surface area contributed by atoms with Gasteiger partial charge in [0.15, 0.2) is 0 Å². The Bertz CT molecular complexity index is 673. The number of aliphatic hydroxyl groups is 2. The van der Waals surface area contributed by atoms with Gasteiger partial charge in [-0.15, -0.1) is 0 Å². The molecular weight excluding hydrogens is 348 g/mol. The number of aliphatic hydroxyl groups excluding tert-OH is 2. The molecule has 3 rings (SSSR count). The average molecular weight is 378 g/mol. The molecule has 4 atom stereocenters. The molecule has 1 saturated carbocycles. The molecule has 0 amide bonds. The maximum absolute atomic E-state index is 10.5. The van der Waals surface area contributed by atoms with E-state index in [0.29, 0.717) is 17.9 Å². The molecule has 0 saturated heterocycles. The highest BCUT2D eigenvalue weighted by atomic mass is 16.7. The number of methoxy groups -OCH3 is 3. The van der Waals surface area contributed by atoms with Gasteiger partial charge in [0.05, 0.1) is 32.5 Å². The van der Waals surface area contributed by atoms with Gasteiger partial charge < -0.3 is 29.2 Å². The van der Waals surface area contributed by atoms with Crippen LogP contribution in [0.3, 0.4) is 0 Å². The molecule has 2 aliphatic rings. The quantitative estimate of drug-likeness (QED) is 0.561. The minimum atomic E-state index is -0.827. The predicted octanol–water partition coefficient (Wildman–Crippen LogP) is 2.98. The van der Waals surface area contributed by atoms with E-state index in [0.717, 1.165) is 36.8 Å².